The first-order chi connectivity index (χ1) is 9.21. The summed E-state index contributed by atoms with van der Waals surface area (Å²) < 4.78 is 0. The van der Waals surface area contributed by atoms with E-state index in [2.05, 4.69) is 24.2 Å². The quantitative estimate of drug-likeness (QED) is 0.820. The summed E-state index contributed by atoms with van der Waals surface area (Å²) in [5.74, 6) is 3.20. The van der Waals surface area contributed by atoms with Crippen LogP contribution in [0.1, 0.15) is 51.9 Å². The molecule has 0 radical (unpaired) electrons. The van der Waals surface area contributed by atoms with E-state index >= 15 is 0 Å². The Hall–Kier alpha value is -0.0800. The van der Waals surface area contributed by atoms with Crippen LogP contribution in [0.15, 0.2) is 0 Å². The minimum atomic E-state index is 0.560. The van der Waals surface area contributed by atoms with Crippen LogP contribution in [0.2, 0.25) is 0 Å². The summed E-state index contributed by atoms with van der Waals surface area (Å²) in [6, 6.07) is 0. The molecular formula is C17H32N2. The Bertz CT molecular complexity index is 296. The van der Waals surface area contributed by atoms with E-state index in [9.17, 15) is 0 Å². The van der Waals surface area contributed by atoms with Crippen molar-refractivity contribution < 1.29 is 0 Å². The fourth-order valence-corrected chi connectivity index (χ4v) is 5.22. The Morgan fingerprint density at radius 2 is 2.16 bits per heavy atom. The van der Waals surface area contributed by atoms with Gasteiger partial charge in [0.05, 0.1) is 0 Å². The summed E-state index contributed by atoms with van der Waals surface area (Å²) in [4.78, 5) is 2.67. The van der Waals surface area contributed by atoms with Crippen molar-refractivity contribution in [3.05, 3.63) is 0 Å². The standard InChI is InChI=1S/C17H32N2/c1-3-17(7-4-8-18-12-17)13-19(2)11-16-10-14-5-6-15(16)9-14/h14-16,18H,3-13H2,1-2H3. The van der Waals surface area contributed by atoms with Gasteiger partial charge in [-0.2, -0.15) is 0 Å². The molecule has 2 aliphatic carbocycles. The summed E-state index contributed by atoms with van der Waals surface area (Å²) in [5, 5.41) is 3.63. The molecular weight excluding hydrogens is 232 g/mol. The molecule has 1 heterocycles. The van der Waals surface area contributed by atoms with Gasteiger partial charge in [-0.25, -0.2) is 0 Å². The molecule has 1 N–H and O–H groups in total. The highest BCUT2D eigenvalue weighted by Crippen LogP contribution is 2.48. The van der Waals surface area contributed by atoms with Crippen LogP contribution in [-0.2, 0) is 0 Å². The number of rotatable bonds is 5. The van der Waals surface area contributed by atoms with E-state index < -0.39 is 0 Å². The third-order valence-corrected chi connectivity index (χ3v) is 6.35. The molecule has 1 aliphatic heterocycles. The van der Waals surface area contributed by atoms with Crippen LogP contribution in [0.3, 0.4) is 0 Å². The smallest absolute Gasteiger partial charge is 0.00471 e. The van der Waals surface area contributed by atoms with Crippen LogP contribution >= 0.6 is 0 Å². The second-order valence-corrected chi connectivity index (χ2v) is 7.77. The highest BCUT2D eigenvalue weighted by molar-refractivity contribution is 4.92. The molecule has 1 saturated heterocycles. The van der Waals surface area contributed by atoms with E-state index in [0.717, 1.165) is 17.8 Å². The minimum Gasteiger partial charge on any atom is -0.316 e. The van der Waals surface area contributed by atoms with Crippen molar-refractivity contribution in [3.8, 4) is 0 Å². The summed E-state index contributed by atoms with van der Waals surface area (Å²) >= 11 is 0. The van der Waals surface area contributed by atoms with Crippen molar-refractivity contribution in [1.29, 1.82) is 0 Å². The van der Waals surface area contributed by atoms with Gasteiger partial charge in [0.25, 0.3) is 0 Å². The maximum atomic E-state index is 3.63. The zero-order valence-corrected chi connectivity index (χ0v) is 13.0. The van der Waals surface area contributed by atoms with Gasteiger partial charge in [0.1, 0.15) is 0 Å². The van der Waals surface area contributed by atoms with E-state index in [1.54, 1.807) is 6.42 Å². The molecule has 0 spiro atoms. The van der Waals surface area contributed by atoms with Crippen LogP contribution < -0.4 is 5.32 Å². The number of hydrogen-bond acceptors (Lipinski definition) is 2. The minimum absolute atomic E-state index is 0.560. The fourth-order valence-electron chi connectivity index (χ4n) is 5.22. The molecule has 2 heteroatoms. The highest BCUT2D eigenvalue weighted by atomic mass is 15.1. The third-order valence-electron chi connectivity index (χ3n) is 6.35. The number of nitrogens with one attached hydrogen (secondary N) is 1. The number of hydrogen-bond donors (Lipinski definition) is 1. The lowest BCUT2D eigenvalue weighted by Crippen LogP contribution is -2.47. The second-order valence-electron chi connectivity index (χ2n) is 7.77. The van der Waals surface area contributed by atoms with Gasteiger partial charge in [-0.15, -0.1) is 0 Å². The lowest BCUT2D eigenvalue weighted by molar-refractivity contribution is 0.108. The predicted molar refractivity (Wildman–Crippen MR) is 81.3 cm³/mol. The topological polar surface area (TPSA) is 15.3 Å². The van der Waals surface area contributed by atoms with Crippen molar-refractivity contribution in [2.45, 2.75) is 51.9 Å². The number of piperidine rings is 1. The van der Waals surface area contributed by atoms with Crippen molar-refractivity contribution in [3.63, 3.8) is 0 Å². The van der Waals surface area contributed by atoms with E-state index in [-0.39, 0.29) is 0 Å². The van der Waals surface area contributed by atoms with Gasteiger partial charge >= 0.3 is 0 Å². The molecule has 3 rings (SSSR count). The molecule has 4 unspecified atom stereocenters. The van der Waals surface area contributed by atoms with E-state index in [0.29, 0.717) is 5.41 Å². The van der Waals surface area contributed by atoms with Crippen molar-refractivity contribution in [2.24, 2.45) is 23.2 Å². The first-order valence-corrected chi connectivity index (χ1v) is 8.60. The molecule has 110 valence electrons. The van der Waals surface area contributed by atoms with Crippen LogP contribution in [0.5, 0.6) is 0 Å². The summed E-state index contributed by atoms with van der Waals surface area (Å²) in [6.45, 7) is 7.54. The first-order valence-electron chi connectivity index (χ1n) is 8.60. The van der Waals surface area contributed by atoms with Crippen molar-refractivity contribution in [1.82, 2.24) is 10.2 Å². The zero-order valence-electron chi connectivity index (χ0n) is 13.0. The fraction of sp³-hybridized carbons (Fsp3) is 1.00. The van der Waals surface area contributed by atoms with Crippen LogP contribution in [0.4, 0.5) is 0 Å². The largest absolute Gasteiger partial charge is 0.316 e. The molecule has 0 aromatic rings. The average molecular weight is 264 g/mol. The Morgan fingerprint density at radius 1 is 1.26 bits per heavy atom. The van der Waals surface area contributed by atoms with Crippen molar-refractivity contribution in [2.75, 3.05) is 33.2 Å². The molecule has 3 fully saturated rings. The Labute approximate surface area is 119 Å². The maximum absolute atomic E-state index is 3.63. The highest BCUT2D eigenvalue weighted by Gasteiger charge is 2.40. The maximum Gasteiger partial charge on any atom is 0.00471 e. The number of nitrogens with zero attached hydrogens (tertiary/aromatic N) is 1. The van der Waals surface area contributed by atoms with Gasteiger partial charge in [0.2, 0.25) is 0 Å². The first kappa shape index (κ1) is 13.9. The molecule has 2 nitrogen and oxygen atoms in total. The Morgan fingerprint density at radius 3 is 2.74 bits per heavy atom. The molecule has 4 atom stereocenters. The monoisotopic (exact) mass is 264 g/mol. The van der Waals surface area contributed by atoms with Gasteiger partial charge in [0, 0.05) is 19.6 Å². The zero-order chi connectivity index (χ0) is 13.3. The lowest BCUT2D eigenvalue weighted by Gasteiger charge is -2.41. The molecule has 0 aromatic carbocycles. The van der Waals surface area contributed by atoms with E-state index in [1.807, 2.05) is 0 Å². The van der Waals surface area contributed by atoms with Gasteiger partial charge in [-0.3, -0.25) is 0 Å². The van der Waals surface area contributed by atoms with Crippen LogP contribution in [-0.4, -0.2) is 38.1 Å². The average Bonchev–Trinajstić information content (AvgIpc) is 3.02. The third kappa shape index (κ3) is 3.00. The molecule has 0 aromatic heterocycles. The molecule has 19 heavy (non-hydrogen) atoms. The normalized spacial score (nSPS) is 42.2. The van der Waals surface area contributed by atoms with Crippen LogP contribution in [0, 0.1) is 23.2 Å². The van der Waals surface area contributed by atoms with Gasteiger partial charge in [0.15, 0.2) is 0 Å². The van der Waals surface area contributed by atoms with Gasteiger partial charge in [-0.1, -0.05) is 13.3 Å². The van der Waals surface area contributed by atoms with Gasteiger partial charge in [-0.05, 0) is 75.3 Å². The number of fused-ring (bicyclic) bond motifs is 2. The molecule has 0 amide bonds. The Kier molecular flexibility index (Phi) is 4.19. The summed E-state index contributed by atoms with van der Waals surface area (Å²) in [7, 11) is 2.37. The lowest BCUT2D eigenvalue weighted by atomic mass is 9.77. The molecule has 3 aliphatic rings. The Balaban J connectivity index is 1.51. The summed E-state index contributed by atoms with van der Waals surface area (Å²) in [6.07, 6.45) is 10.3. The SMILES string of the molecule is CCC1(CN(C)CC2CC3CCC2C3)CCCNC1. The molecule has 2 saturated carbocycles. The van der Waals surface area contributed by atoms with E-state index in [1.165, 1.54) is 64.7 Å². The molecule has 2 bridgehead atoms. The van der Waals surface area contributed by atoms with E-state index in [4.69, 9.17) is 0 Å². The van der Waals surface area contributed by atoms with Gasteiger partial charge < -0.3 is 10.2 Å². The summed E-state index contributed by atoms with van der Waals surface area (Å²) in [5.41, 5.74) is 0.560. The predicted octanol–water partition coefficient (Wildman–Crippen LogP) is 3.13. The second kappa shape index (κ2) is 5.73. The van der Waals surface area contributed by atoms with Crippen molar-refractivity contribution >= 4 is 0 Å². The van der Waals surface area contributed by atoms with Crippen LogP contribution in [0.25, 0.3) is 0 Å².